The van der Waals surface area contributed by atoms with Gasteiger partial charge in [0.25, 0.3) is 0 Å². The van der Waals surface area contributed by atoms with Crippen LogP contribution in [0.1, 0.15) is 47.5 Å². The highest BCUT2D eigenvalue weighted by molar-refractivity contribution is 5.94. The lowest BCUT2D eigenvalue weighted by molar-refractivity contribution is 0.411. The van der Waals surface area contributed by atoms with Gasteiger partial charge in [0.05, 0.1) is 24.3 Å². The molecule has 3 heterocycles. The Hall–Kier alpha value is -3.07. The number of rotatable bonds is 4. The summed E-state index contributed by atoms with van der Waals surface area (Å²) in [5, 5.41) is 10.2. The Morgan fingerprint density at radius 2 is 1.71 bits per heavy atom. The summed E-state index contributed by atoms with van der Waals surface area (Å²) < 4.78 is 7.76. The fourth-order valence-electron chi connectivity index (χ4n) is 4.92. The minimum Gasteiger partial charge on any atom is -0.497 e. The molecule has 0 atom stereocenters. The first kappa shape index (κ1) is 21.2. The average molecular weight is 418 g/mol. The first-order valence-electron chi connectivity index (χ1n) is 11.0. The van der Waals surface area contributed by atoms with Crippen LogP contribution >= 0.6 is 0 Å². The van der Waals surface area contributed by atoms with Crippen molar-refractivity contribution in [3.05, 3.63) is 40.3 Å². The first-order chi connectivity index (χ1) is 14.8. The van der Waals surface area contributed by atoms with E-state index in [1.54, 1.807) is 7.11 Å². The van der Waals surface area contributed by atoms with Crippen molar-refractivity contribution in [1.82, 2.24) is 14.5 Å². The van der Waals surface area contributed by atoms with Crippen molar-refractivity contribution in [3.8, 4) is 17.5 Å². The lowest BCUT2D eigenvalue weighted by Gasteiger charge is -2.32. The van der Waals surface area contributed by atoms with Gasteiger partial charge in [0.1, 0.15) is 17.4 Å². The SMILES string of the molecule is COc1cc(C)c(-n2c(C)c(C)c3c(N4CCC(CC#N)CC4)nc(C)nc32)c(C)c1. The number of ether oxygens (including phenoxy) is 1. The third-order valence-corrected chi connectivity index (χ3v) is 6.67. The molecule has 0 bridgehead atoms. The van der Waals surface area contributed by atoms with Gasteiger partial charge in [-0.3, -0.25) is 4.57 Å². The van der Waals surface area contributed by atoms with E-state index in [-0.39, 0.29) is 0 Å². The fraction of sp³-hybridized carbons (Fsp3) is 0.480. The zero-order valence-electron chi connectivity index (χ0n) is 19.4. The number of piperidine rings is 1. The number of nitrogens with zero attached hydrogens (tertiary/aromatic N) is 5. The van der Waals surface area contributed by atoms with Crippen LogP contribution in [-0.4, -0.2) is 34.7 Å². The maximum Gasteiger partial charge on any atom is 0.150 e. The van der Waals surface area contributed by atoms with E-state index in [0.717, 1.165) is 71.2 Å². The minimum atomic E-state index is 0.497. The van der Waals surface area contributed by atoms with Crippen molar-refractivity contribution in [2.24, 2.45) is 5.92 Å². The second kappa shape index (κ2) is 8.22. The molecule has 31 heavy (non-hydrogen) atoms. The Balaban J connectivity index is 1.88. The third-order valence-electron chi connectivity index (χ3n) is 6.67. The van der Waals surface area contributed by atoms with E-state index >= 15 is 0 Å². The number of aromatic nitrogens is 3. The zero-order chi connectivity index (χ0) is 22.3. The summed E-state index contributed by atoms with van der Waals surface area (Å²) in [6, 6.07) is 6.49. The molecule has 1 aliphatic rings. The molecule has 0 N–H and O–H groups in total. The molecule has 0 unspecified atom stereocenters. The van der Waals surface area contributed by atoms with Crippen LogP contribution in [0.5, 0.6) is 5.75 Å². The summed E-state index contributed by atoms with van der Waals surface area (Å²) >= 11 is 0. The van der Waals surface area contributed by atoms with Crippen LogP contribution < -0.4 is 9.64 Å². The lowest BCUT2D eigenvalue weighted by atomic mass is 9.94. The summed E-state index contributed by atoms with van der Waals surface area (Å²) in [6.07, 6.45) is 2.72. The van der Waals surface area contributed by atoms with Gasteiger partial charge in [-0.15, -0.1) is 0 Å². The molecule has 1 saturated heterocycles. The van der Waals surface area contributed by atoms with Crippen LogP contribution in [0.3, 0.4) is 0 Å². The van der Waals surface area contributed by atoms with Crippen molar-refractivity contribution >= 4 is 16.9 Å². The number of fused-ring (bicyclic) bond motifs is 1. The highest BCUT2D eigenvalue weighted by Gasteiger charge is 2.26. The molecule has 1 aromatic carbocycles. The molecule has 0 aliphatic carbocycles. The Morgan fingerprint density at radius 3 is 2.29 bits per heavy atom. The van der Waals surface area contributed by atoms with E-state index in [0.29, 0.717) is 12.3 Å². The van der Waals surface area contributed by atoms with Crippen LogP contribution in [0, 0.1) is 51.9 Å². The second-order valence-corrected chi connectivity index (χ2v) is 8.74. The van der Waals surface area contributed by atoms with Gasteiger partial charge in [-0.25, -0.2) is 9.97 Å². The van der Waals surface area contributed by atoms with Gasteiger partial charge in [0, 0.05) is 25.2 Å². The Kier molecular flexibility index (Phi) is 5.62. The number of hydrogen-bond donors (Lipinski definition) is 0. The maximum absolute atomic E-state index is 9.04. The summed E-state index contributed by atoms with van der Waals surface area (Å²) in [5.74, 6) is 3.18. The largest absolute Gasteiger partial charge is 0.497 e. The summed E-state index contributed by atoms with van der Waals surface area (Å²) in [5.41, 5.74) is 6.85. The smallest absolute Gasteiger partial charge is 0.150 e. The Morgan fingerprint density at radius 1 is 1.06 bits per heavy atom. The average Bonchev–Trinajstić information content (AvgIpc) is 2.98. The molecule has 3 aromatic rings. The molecule has 0 radical (unpaired) electrons. The molecule has 0 spiro atoms. The molecule has 162 valence electrons. The number of hydrogen-bond acceptors (Lipinski definition) is 5. The normalized spacial score (nSPS) is 14.8. The van der Waals surface area contributed by atoms with Gasteiger partial charge >= 0.3 is 0 Å². The van der Waals surface area contributed by atoms with Gasteiger partial charge < -0.3 is 9.64 Å². The van der Waals surface area contributed by atoms with Crippen molar-refractivity contribution < 1.29 is 4.74 Å². The quantitative estimate of drug-likeness (QED) is 0.591. The van der Waals surface area contributed by atoms with E-state index in [1.807, 2.05) is 6.92 Å². The molecule has 1 fully saturated rings. The molecule has 0 amide bonds. The van der Waals surface area contributed by atoms with Gasteiger partial charge in [0.15, 0.2) is 5.65 Å². The van der Waals surface area contributed by atoms with Crippen LogP contribution in [0.25, 0.3) is 16.7 Å². The molecule has 2 aromatic heterocycles. The summed E-state index contributed by atoms with van der Waals surface area (Å²) in [4.78, 5) is 12.2. The van der Waals surface area contributed by atoms with E-state index < -0.39 is 0 Å². The first-order valence-corrected chi connectivity index (χ1v) is 11.0. The monoisotopic (exact) mass is 417 g/mol. The van der Waals surface area contributed by atoms with Gasteiger partial charge in [-0.2, -0.15) is 5.26 Å². The molecule has 6 heteroatoms. The number of nitriles is 1. The Labute approximate surface area is 184 Å². The van der Waals surface area contributed by atoms with Crippen molar-refractivity contribution in [2.75, 3.05) is 25.1 Å². The number of benzene rings is 1. The summed E-state index contributed by atoms with van der Waals surface area (Å²) in [6.45, 7) is 12.4. The van der Waals surface area contributed by atoms with Crippen molar-refractivity contribution in [1.29, 1.82) is 5.26 Å². The van der Waals surface area contributed by atoms with Crippen molar-refractivity contribution in [2.45, 2.75) is 53.9 Å². The van der Waals surface area contributed by atoms with E-state index in [1.165, 1.54) is 11.3 Å². The predicted octanol–water partition coefficient (Wildman–Crippen LogP) is 5.10. The minimum absolute atomic E-state index is 0.497. The van der Waals surface area contributed by atoms with Crippen LogP contribution in [0.15, 0.2) is 12.1 Å². The highest BCUT2D eigenvalue weighted by Crippen LogP contribution is 2.37. The van der Waals surface area contributed by atoms with Crippen LogP contribution in [0.2, 0.25) is 0 Å². The number of anilines is 1. The number of methoxy groups -OCH3 is 1. The fourth-order valence-corrected chi connectivity index (χ4v) is 4.92. The maximum atomic E-state index is 9.04. The lowest BCUT2D eigenvalue weighted by Crippen LogP contribution is -2.34. The molecule has 6 nitrogen and oxygen atoms in total. The van der Waals surface area contributed by atoms with Gasteiger partial charge in [0.2, 0.25) is 0 Å². The van der Waals surface area contributed by atoms with E-state index in [4.69, 9.17) is 20.0 Å². The van der Waals surface area contributed by atoms with Crippen LogP contribution in [-0.2, 0) is 0 Å². The molecular weight excluding hydrogens is 386 g/mol. The molecule has 0 saturated carbocycles. The van der Waals surface area contributed by atoms with E-state index in [9.17, 15) is 0 Å². The van der Waals surface area contributed by atoms with Crippen LogP contribution in [0.4, 0.5) is 5.82 Å². The Bertz CT molecular complexity index is 1160. The molecule has 4 rings (SSSR count). The van der Waals surface area contributed by atoms with Gasteiger partial charge in [-0.05, 0) is 82.2 Å². The summed E-state index contributed by atoms with van der Waals surface area (Å²) in [7, 11) is 1.71. The second-order valence-electron chi connectivity index (χ2n) is 8.74. The van der Waals surface area contributed by atoms with Crippen molar-refractivity contribution in [3.63, 3.8) is 0 Å². The van der Waals surface area contributed by atoms with E-state index in [2.05, 4.69) is 55.4 Å². The predicted molar refractivity (Wildman–Crippen MR) is 124 cm³/mol. The zero-order valence-corrected chi connectivity index (χ0v) is 19.4. The number of aryl methyl sites for hydroxylation is 4. The molecular formula is C25H31N5O. The highest BCUT2D eigenvalue weighted by atomic mass is 16.5. The van der Waals surface area contributed by atoms with Gasteiger partial charge in [-0.1, -0.05) is 0 Å². The standard InChI is InChI=1S/C25H31N5O/c1-15-13-21(31-6)14-16(2)23(15)30-18(4)17(3)22-24(27-19(5)28-25(22)30)29-11-8-20(7-10-26)9-12-29/h13-14,20H,7-9,11-12H2,1-6H3. The third kappa shape index (κ3) is 3.63. The topological polar surface area (TPSA) is 67.0 Å². The molecule has 1 aliphatic heterocycles.